The van der Waals surface area contributed by atoms with Crippen LogP contribution in [0.1, 0.15) is 11.1 Å². The number of hydrogen-bond acceptors (Lipinski definition) is 4. The molecular formula is C22H21ClN2O4S. The fourth-order valence-corrected chi connectivity index (χ4v) is 4.01. The Labute approximate surface area is 180 Å². The van der Waals surface area contributed by atoms with E-state index < -0.39 is 10.0 Å². The van der Waals surface area contributed by atoms with Gasteiger partial charge in [0.25, 0.3) is 15.9 Å². The monoisotopic (exact) mass is 444 g/mol. The molecule has 0 unspecified atom stereocenters. The Morgan fingerprint density at radius 2 is 1.50 bits per heavy atom. The number of hydrogen-bond donors (Lipinski definition) is 2. The van der Waals surface area contributed by atoms with Gasteiger partial charge in [0.2, 0.25) is 0 Å². The Morgan fingerprint density at radius 1 is 0.900 bits per heavy atom. The number of nitrogens with one attached hydrogen (secondary N) is 2. The lowest BCUT2D eigenvalue weighted by Gasteiger charge is -2.11. The lowest BCUT2D eigenvalue weighted by Crippen LogP contribution is -2.20. The molecule has 0 bridgehead atoms. The highest BCUT2D eigenvalue weighted by Crippen LogP contribution is 2.21. The SMILES string of the molecule is Cc1cc(C)cc(NS(=O)(=O)c2ccc(OCC(=O)Nc3ccc(Cl)cc3)cc2)c1. The molecule has 0 spiro atoms. The maximum absolute atomic E-state index is 12.6. The van der Waals surface area contributed by atoms with Crippen molar-refractivity contribution in [2.45, 2.75) is 18.7 Å². The summed E-state index contributed by atoms with van der Waals surface area (Å²) in [6.45, 7) is 3.59. The number of sulfonamides is 1. The molecule has 0 heterocycles. The van der Waals surface area contributed by atoms with Gasteiger partial charge in [-0.2, -0.15) is 0 Å². The lowest BCUT2D eigenvalue weighted by atomic mass is 10.1. The average Bonchev–Trinajstić information content (AvgIpc) is 2.67. The van der Waals surface area contributed by atoms with Crippen LogP contribution in [0.2, 0.25) is 5.02 Å². The number of aryl methyl sites for hydroxylation is 2. The summed E-state index contributed by atoms with van der Waals surface area (Å²) >= 11 is 5.81. The first-order chi connectivity index (χ1) is 14.2. The minimum Gasteiger partial charge on any atom is -0.484 e. The minimum atomic E-state index is -3.73. The fraction of sp³-hybridized carbons (Fsp3) is 0.136. The van der Waals surface area contributed by atoms with E-state index in [1.165, 1.54) is 24.3 Å². The van der Waals surface area contributed by atoms with E-state index in [2.05, 4.69) is 10.0 Å². The molecule has 0 aliphatic heterocycles. The molecule has 0 saturated carbocycles. The standard InChI is InChI=1S/C22H21ClN2O4S/c1-15-11-16(2)13-19(12-15)25-30(27,28)21-9-7-20(8-10-21)29-14-22(26)24-18-5-3-17(23)4-6-18/h3-13,25H,14H2,1-2H3,(H,24,26). The molecular weight excluding hydrogens is 424 g/mol. The zero-order chi connectivity index (χ0) is 21.7. The number of amides is 1. The summed E-state index contributed by atoms with van der Waals surface area (Å²) in [7, 11) is -3.73. The largest absolute Gasteiger partial charge is 0.484 e. The first kappa shape index (κ1) is 21.7. The van der Waals surface area contributed by atoms with Crippen LogP contribution in [0.5, 0.6) is 5.75 Å². The Bertz CT molecular complexity index is 1120. The van der Waals surface area contributed by atoms with Crippen molar-refractivity contribution in [3.05, 3.63) is 82.9 Å². The first-order valence-corrected chi connectivity index (χ1v) is 11.0. The number of halogens is 1. The zero-order valence-electron chi connectivity index (χ0n) is 16.5. The molecule has 0 aliphatic rings. The van der Waals surface area contributed by atoms with Crippen molar-refractivity contribution < 1.29 is 17.9 Å². The van der Waals surface area contributed by atoms with E-state index >= 15 is 0 Å². The van der Waals surface area contributed by atoms with Crippen molar-refractivity contribution in [2.24, 2.45) is 0 Å². The maximum atomic E-state index is 12.6. The van der Waals surface area contributed by atoms with Gasteiger partial charge in [-0.05, 0) is 85.6 Å². The second kappa shape index (κ2) is 9.19. The molecule has 0 aromatic heterocycles. The van der Waals surface area contributed by atoms with Gasteiger partial charge in [0.15, 0.2) is 6.61 Å². The molecule has 8 heteroatoms. The third kappa shape index (κ3) is 5.98. The topological polar surface area (TPSA) is 84.5 Å². The first-order valence-electron chi connectivity index (χ1n) is 9.11. The van der Waals surface area contributed by atoms with Gasteiger partial charge >= 0.3 is 0 Å². The second-order valence-electron chi connectivity index (χ2n) is 6.80. The number of carbonyl (C=O) groups excluding carboxylic acids is 1. The van der Waals surface area contributed by atoms with Crippen LogP contribution in [-0.4, -0.2) is 20.9 Å². The van der Waals surface area contributed by atoms with Gasteiger partial charge in [-0.1, -0.05) is 17.7 Å². The van der Waals surface area contributed by atoms with E-state index in [9.17, 15) is 13.2 Å². The fourth-order valence-electron chi connectivity index (χ4n) is 2.84. The molecule has 6 nitrogen and oxygen atoms in total. The quantitative estimate of drug-likeness (QED) is 0.549. The number of rotatable bonds is 7. The van der Waals surface area contributed by atoms with Gasteiger partial charge in [-0.25, -0.2) is 8.42 Å². The predicted octanol–water partition coefficient (Wildman–Crippen LogP) is 4.78. The summed E-state index contributed by atoms with van der Waals surface area (Å²) < 4.78 is 33.2. The molecule has 0 aliphatic carbocycles. The van der Waals surface area contributed by atoms with Gasteiger partial charge in [-0.3, -0.25) is 9.52 Å². The van der Waals surface area contributed by atoms with Gasteiger partial charge in [0.1, 0.15) is 5.75 Å². The van der Waals surface area contributed by atoms with E-state index in [1.807, 2.05) is 19.9 Å². The van der Waals surface area contributed by atoms with E-state index in [4.69, 9.17) is 16.3 Å². The molecule has 3 rings (SSSR count). The van der Waals surface area contributed by atoms with Crippen molar-refractivity contribution in [1.29, 1.82) is 0 Å². The van der Waals surface area contributed by atoms with Crippen LogP contribution < -0.4 is 14.8 Å². The number of anilines is 2. The molecule has 30 heavy (non-hydrogen) atoms. The molecule has 0 saturated heterocycles. The highest BCUT2D eigenvalue weighted by Gasteiger charge is 2.15. The highest BCUT2D eigenvalue weighted by molar-refractivity contribution is 7.92. The Morgan fingerprint density at radius 3 is 2.10 bits per heavy atom. The number of benzene rings is 3. The zero-order valence-corrected chi connectivity index (χ0v) is 18.0. The van der Waals surface area contributed by atoms with Crippen LogP contribution in [0, 0.1) is 13.8 Å². The minimum absolute atomic E-state index is 0.0969. The van der Waals surface area contributed by atoms with Crippen LogP contribution in [0.15, 0.2) is 71.6 Å². The van der Waals surface area contributed by atoms with Gasteiger partial charge < -0.3 is 10.1 Å². The Kier molecular flexibility index (Phi) is 6.64. The predicted molar refractivity (Wildman–Crippen MR) is 119 cm³/mol. The van der Waals surface area contributed by atoms with Crippen molar-refractivity contribution in [3.8, 4) is 5.75 Å². The van der Waals surface area contributed by atoms with Gasteiger partial charge in [0.05, 0.1) is 4.90 Å². The van der Waals surface area contributed by atoms with Crippen LogP contribution in [0.3, 0.4) is 0 Å². The average molecular weight is 445 g/mol. The van der Waals surface area contributed by atoms with Crippen LogP contribution in [-0.2, 0) is 14.8 Å². The Hall–Kier alpha value is -3.03. The summed E-state index contributed by atoms with van der Waals surface area (Å²) in [6.07, 6.45) is 0. The summed E-state index contributed by atoms with van der Waals surface area (Å²) in [5, 5.41) is 3.26. The Balaban J connectivity index is 1.59. The summed E-state index contributed by atoms with van der Waals surface area (Å²) in [6, 6.07) is 18.1. The van der Waals surface area contributed by atoms with Gasteiger partial charge in [-0.15, -0.1) is 0 Å². The molecule has 156 valence electrons. The second-order valence-corrected chi connectivity index (χ2v) is 8.92. The van der Waals surface area contributed by atoms with Crippen molar-refractivity contribution in [2.75, 3.05) is 16.6 Å². The molecule has 0 atom stereocenters. The van der Waals surface area contributed by atoms with Crippen molar-refractivity contribution >= 4 is 38.9 Å². The summed E-state index contributed by atoms with van der Waals surface area (Å²) in [4.78, 5) is 12.1. The molecule has 2 N–H and O–H groups in total. The molecule has 3 aromatic carbocycles. The van der Waals surface area contributed by atoms with Crippen LogP contribution in [0.4, 0.5) is 11.4 Å². The van der Waals surface area contributed by atoms with Crippen molar-refractivity contribution in [3.63, 3.8) is 0 Å². The highest BCUT2D eigenvalue weighted by atomic mass is 35.5. The number of ether oxygens (including phenoxy) is 1. The van der Waals surface area contributed by atoms with Crippen molar-refractivity contribution in [1.82, 2.24) is 0 Å². The van der Waals surface area contributed by atoms with E-state index in [-0.39, 0.29) is 17.4 Å². The van der Waals surface area contributed by atoms with Gasteiger partial charge in [0, 0.05) is 16.4 Å². The normalized spacial score (nSPS) is 11.0. The summed E-state index contributed by atoms with van der Waals surface area (Å²) in [5.41, 5.74) is 3.04. The van der Waals surface area contributed by atoms with E-state index in [0.29, 0.717) is 22.1 Å². The third-order valence-corrected chi connectivity index (χ3v) is 5.76. The lowest BCUT2D eigenvalue weighted by molar-refractivity contribution is -0.118. The van der Waals surface area contributed by atoms with E-state index in [1.54, 1.807) is 36.4 Å². The van der Waals surface area contributed by atoms with E-state index in [0.717, 1.165) is 11.1 Å². The third-order valence-electron chi connectivity index (χ3n) is 4.11. The maximum Gasteiger partial charge on any atom is 0.262 e. The summed E-state index contributed by atoms with van der Waals surface area (Å²) in [5.74, 6) is 0.0390. The molecule has 1 amide bonds. The smallest absolute Gasteiger partial charge is 0.262 e. The molecule has 0 radical (unpaired) electrons. The molecule has 3 aromatic rings. The van der Waals surface area contributed by atoms with Crippen LogP contribution in [0.25, 0.3) is 0 Å². The van der Waals surface area contributed by atoms with Crippen LogP contribution >= 0.6 is 11.6 Å². The number of carbonyl (C=O) groups is 1. The molecule has 0 fully saturated rings.